The maximum atomic E-state index is 12.6. The van der Waals surface area contributed by atoms with E-state index in [1.165, 1.54) is 25.3 Å². The van der Waals surface area contributed by atoms with Crippen molar-refractivity contribution in [3.8, 4) is 11.5 Å². The molecule has 0 radical (unpaired) electrons. The van der Waals surface area contributed by atoms with Crippen LogP contribution in [0.15, 0.2) is 48.5 Å². The number of rotatable bonds is 11. The Hall–Kier alpha value is -2.46. The summed E-state index contributed by atoms with van der Waals surface area (Å²) < 4.78 is 90.1. The number of benzene rings is 2. The molecule has 1 unspecified atom stereocenters. The van der Waals surface area contributed by atoms with Gasteiger partial charge in [0.05, 0.1) is 6.10 Å². The molecule has 0 N–H and O–H groups in total. The number of methoxy groups -OCH3 is 1. The molecule has 0 spiro atoms. The van der Waals surface area contributed by atoms with Crippen molar-refractivity contribution in [2.45, 2.75) is 38.0 Å². The van der Waals surface area contributed by atoms with Crippen molar-refractivity contribution in [2.75, 3.05) is 27.3 Å². The van der Waals surface area contributed by atoms with Crippen LogP contribution >= 0.6 is 0 Å². The topological polar surface area (TPSA) is 30.9 Å². The third-order valence-electron chi connectivity index (χ3n) is 4.77. The molecule has 1 atom stereocenters. The van der Waals surface area contributed by atoms with Gasteiger partial charge in [0.15, 0.2) is 0 Å². The first-order valence-electron chi connectivity index (χ1n) is 9.84. The highest BCUT2D eigenvalue weighted by Crippen LogP contribution is 2.25. The highest BCUT2D eigenvalue weighted by atomic mass is 19.4. The molecule has 0 aromatic heterocycles. The van der Waals surface area contributed by atoms with Crippen LogP contribution in [0.2, 0.25) is 0 Å². The zero-order valence-electron chi connectivity index (χ0n) is 17.7. The Balaban J connectivity index is 1.94. The minimum Gasteiger partial charge on any atom is -0.491 e. The predicted octanol–water partition coefficient (Wildman–Crippen LogP) is 5.61. The Kier molecular flexibility index (Phi) is 9.21. The molecule has 178 valence electrons. The molecule has 0 bridgehead atoms. The molecule has 4 nitrogen and oxygen atoms in total. The van der Waals surface area contributed by atoms with E-state index >= 15 is 0 Å². The quantitative estimate of drug-likeness (QED) is 0.319. The maximum absolute atomic E-state index is 12.6. The van der Waals surface area contributed by atoms with Gasteiger partial charge in [0, 0.05) is 13.7 Å². The van der Waals surface area contributed by atoms with Crippen LogP contribution < -0.4 is 9.47 Å². The normalized spacial score (nSPS) is 13.3. The van der Waals surface area contributed by atoms with E-state index in [4.69, 9.17) is 9.47 Å². The van der Waals surface area contributed by atoms with Crippen LogP contribution in [0.3, 0.4) is 0 Å². The van der Waals surface area contributed by atoms with Crippen LogP contribution in [0.5, 0.6) is 11.5 Å². The van der Waals surface area contributed by atoms with Gasteiger partial charge in [-0.05, 0) is 55.6 Å². The van der Waals surface area contributed by atoms with Gasteiger partial charge in [0.25, 0.3) is 0 Å². The van der Waals surface area contributed by atoms with E-state index in [1.54, 1.807) is 24.3 Å². The van der Waals surface area contributed by atoms with Crippen LogP contribution in [-0.4, -0.2) is 51.0 Å². The number of alkyl halides is 6. The third kappa shape index (κ3) is 8.96. The van der Waals surface area contributed by atoms with Crippen molar-refractivity contribution in [1.29, 1.82) is 0 Å². The molecule has 0 heterocycles. The number of halogens is 6. The van der Waals surface area contributed by atoms with Gasteiger partial charge < -0.3 is 14.2 Å². The molecular weight excluding hydrogens is 440 g/mol. The Labute approximate surface area is 182 Å². The molecule has 0 saturated heterocycles. The highest BCUT2D eigenvalue weighted by molar-refractivity contribution is 5.35. The summed E-state index contributed by atoms with van der Waals surface area (Å²) in [6, 6.07) is 12.9. The molecule has 0 saturated carbocycles. The Morgan fingerprint density at radius 3 is 2.31 bits per heavy atom. The average molecular weight is 465 g/mol. The van der Waals surface area contributed by atoms with E-state index in [-0.39, 0.29) is 30.2 Å². The molecule has 0 fully saturated rings. The molecule has 2 aromatic carbocycles. The van der Waals surface area contributed by atoms with Gasteiger partial charge in [0.2, 0.25) is 0 Å². The summed E-state index contributed by atoms with van der Waals surface area (Å²) >= 11 is 0. The minimum atomic E-state index is -4.76. The second-order valence-corrected chi connectivity index (χ2v) is 7.15. The number of para-hydroxylation sites is 1. The van der Waals surface area contributed by atoms with E-state index in [0.29, 0.717) is 24.2 Å². The summed E-state index contributed by atoms with van der Waals surface area (Å²) in [5.74, 6) is 0.257. The van der Waals surface area contributed by atoms with Crippen LogP contribution in [0.4, 0.5) is 26.3 Å². The van der Waals surface area contributed by atoms with E-state index in [9.17, 15) is 26.3 Å². The summed E-state index contributed by atoms with van der Waals surface area (Å²) in [5.41, 5.74) is 1.48. The molecule has 2 aromatic rings. The first-order chi connectivity index (χ1) is 15.0. The fourth-order valence-electron chi connectivity index (χ4n) is 2.94. The number of aryl methyl sites for hydroxylation is 2. The van der Waals surface area contributed by atoms with Crippen molar-refractivity contribution in [1.82, 2.24) is 4.90 Å². The average Bonchev–Trinajstić information content (AvgIpc) is 2.71. The molecular formula is C22H25F6NO3. The first-order valence-corrected chi connectivity index (χ1v) is 9.84. The number of ether oxygens (including phenoxy) is 3. The first kappa shape index (κ1) is 25.8. The smallest absolute Gasteiger partial charge is 0.491 e. The minimum absolute atomic E-state index is 0.0636. The molecule has 0 aliphatic rings. The lowest BCUT2D eigenvalue weighted by Crippen LogP contribution is -2.37. The third-order valence-corrected chi connectivity index (χ3v) is 4.77. The van der Waals surface area contributed by atoms with Crippen molar-refractivity contribution in [3.05, 3.63) is 59.7 Å². The summed E-state index contributed by atoms with van der Waals surface area (Å²) in [4.78, 5) is 0.281. The Bertz CT molecular complexity index is 841. The number of hydrogen-bond donors (Lipinski definition) is 0. The van der Waals surface area contributed by atoms with Crippen molar-refractivity contribution in [2.24, 2.45) is 0 Å². The Morgan fingerprint density at radius 2 is 1.66 bits per heavy atom. The van der Waals surface area contributed by atoms with Gasteiger partial charge in [0.1, 0.15) is 18.1 Å². The van der Waals surface area contributed by atoms with Crippen molar-refractivity contribution in [3.63, 3.8) is 0 Å². The van der Waals surface area contributed by atoms with Gasteiger partial charge >= 0.3 is 12.7 Å². The monoisotopic (exact) mass is 465 g/mol. The van der Waals surface area contributed by atoms with Gasteiger partial charge in [-0.15, -0.1) is 13.2 Å². The molecule has 0 amide bonds. The van der Waals surface area contributed by atoms with Gasteiger partial charge in [-0.25, -0.2) is 4.90 Å². The fraction of sp³-hybridized carbons (Fsp3) is 0.455. The second-order valence-electron chi connectivity index (χ2n) is 7.15. The number of nitrogens with zero attached hydrogens (tertiary/aromatic N) is 1. The Morgan fingerprint density at radius 1 is 0.938 bits per heavy atom. The van der Waals surface area contributed by atoms with Crippen molar-refractivity contribution < 1.29 is 40.6 Å². The zero-order chi connectivity index (χ0) is 23.8. The SMILES string of the molecule is COC(CCN(C)C(F)(F)F)COc1ccccc1CCc1cccc(OC(F)(F)F)c1. The molecule has 0 aliphatic carbocycles. The summed E-state index contributed by atoms with van der Waals surface area (Å²) in [7, 11) is 2.38. The summed E-state index contributed by atoms with van der Waals surface area (Å²) in [6.45, 7) is -0.169. The molecule has 0 aliphatic heterocycles. The van der Waals surface area contributed by atoms with Crippen LogP contribution in [-0.2, 0) is 17.6 Å². The second kappa shape index (κ2) is 11.4. The standard InChI is InChI=1S/C22H25F6NO3/c1-29(21(23,24)25)13-12-19(30-2)15-31-20-9-4-3-7-17(20)11-10-16-6-5-8-18(14-16)32-22(26,27)28/h3-9,14,19H,10-13,15H2,1-2H3. The van der Waals surface area contributed by atoms with E-state index < -0.39 is 18.8 Å². The highest BCUT2D eigenvalue weighted by Gasteiger charge is 2.34. The van der Waals surface area contributed by atoms with Crippen LogP contribution in [0.25, 0.3) is 0 Å². The molecule has 2 rings (SSSR count). The van der Waals surface area contributed by atoms with E-state index in [1.807, 2.05) is 6.07 Å². The fourth-order valence-corrected chi connectivity index (χ4v) is 2.94. The number of hydrogen-bond acceptors (Lipinski definition) is 4. The van der Waals surface area contributed by atoms with E-state index in [0.717, 1.165) is 12.6 Å². The van der Waals surface area contributed by atoms with Crippen LogP contribution in [0, 0.1) is 0 Å². The van der Waals surface area contributed by atoms with Gasteiger partial charge in [-0.1, -0.05) is 30.3 Å². The predicted molar refractivity (Wildman–Crippen MR) is 107 cm³/mol. The lowest BCUT2D eigenvalue weighted by Gasteiger charge is -2.23. The molecule has 10 heteroatoms. The summed E-state index contributed by atoms with van der Waals surface area (Å²) in [6.07, 6.45) is -8.65. The largest absolute Gasteiger partial charge is 0.573 e. The summed E-state index contributed by atoms with van der Waals surface area (Å²) in [5, 5.41) is 0. The molecule has 32 heavy (non-hydrogen) atoms. The maximum Gasteiger partial charge on any atom is 0.573 e. The van der Waals surface area contributed by atoms with Crippen molar-refractivity contribution >= 4 is 0 Å². The van der Waals surface area contributed by atoms with E-state index in [2.05, 4.69) is 4.74 Å². The lowest BCUT2D eigenvalue weighted by molar-refractivity contribution is -0.274. The lowest BCUT2D eigenvalue weighted by atomic mass is 10.0. The van der Waals surface area contributed by atoms with Gasteiger partial charge in [-0.3, -0.25) is 0 Å². The van der Waals surface area contributed by atoms with Crippen LogP contribution in [0.1, 0.15) is 17.5 Å². The zero-order valence-corrected chi connectivity index (χ0v) is 17.7. The van der Waals surface area contributed by atoms with Gasteiger partial charge in [-0.2, -0.15) is 13.2 Å².